The summed E-state index contributed by atoms with van der Waals surface area (Å²) >= 11 is 1.90. The van der Waals surface area contributed by atoms with Gasteiger partial charge < -0.3 is 10.4 Å². The Labute approximate surface area is 175 Å². The predicted molar refractivity (Wildman–Crippen MR) is 119 cm³/mol. The average molecular weight is 411 g/mol. The zero-order chi connectivity index (χ0) is 20.5. The number of carboxylic acid groups (broad SMARTS) is 1. The number of carboxylic acids is 1. The number of aromatic nitrogens is 1. The molecule has 0 amide bonds. The molecule has 5 nitrogen and oxygen atoms in total. The molecule has 152 valence electrons. The molecule has 2 N–H and O–H groups in total. The summed E-state index contributed by atoms with van der Waals surface area (Å²) in [6.45, 7) is 0.662. The number of benzene rings is 2. The monoisotopic (exact) mass is 410 g/mol. The third-order valence-corrected chi connectivity index (χ3v) is 5.99. The summed E-state index contributed by atoms with van der Waals surface area (Å²) < 4.78 is 1.51. The fraction of sp³-hybridized carbons (Fsp3) is 0.304. The highest BCUT2D eigenvalue weighted by molar-refractivity contribution is 7.98. The normalized spacial score (nSPS) is 12.1. The third kappa shape index (κ3) is 5.95. The zero-order valence-corrected chi connectivity index (χ0v) is 17.1. The van der Waals surface area contributed by atoms with Crippen LogP contribution in [0.4, 0.5) is 0 Å². The summed E-state index contributed by atoms with van der Waals surface area (Å²) in [5, 5.41) is 13.7. The zero-order valence-electron chi connectivity index (χ0n) is 16.3. The molecule has 0 saturated carbocycles. The summed E-state index contributed by atoms with van der Waals surface area (Å²) in [4.78, 5) is 23.0. The van der Waals surface area contributed by atoms with E-state index in [0.29, 0.717) is 13.0 Å². The van der Waals surface area contributed by atoms with Gasteiger partial charge in [0, 0.05) is 23.8 Å². The van der Waals surface area contributed by atoms with Crippen molar-refractivity contribution in [2.24, 2.45) is 0 Å². The third-order valence-electron chi connectivity index (χ3n) is 4.88. The Hall–Kier alpha value is -2.57. The Bertz CT molecular complexity index is 940. The number of hydrogen-bond acceptors (Lipinski definition) is 4. The molecule has 6 heteroatoms. The van der Waals surface area contributed by atoms with E-state index in [2.05, 4.69) is 29.6 Å². The lowest BCUT2D eigenvalue weighted by atomic mass is 10.0. The second kappa shape index (κ2) is 10.8. The number of carbonyl (C=O) groups is 2. The number of rotatable bonds is 12. The molecule has 0 bridgehead atoms. The Morgan fingerprint density at radius 3 is 2.62 bits per heavy atom. The van der Waals surface area contributed by atoms with Gasteiger partial charge in [-0.2, -0.15) is 11.8 Å². The molecule has 1 heterocycles. The number of nitrogens with one attached hydrogen (secondary N) is 1. The van der Waals surface area contributed by atoms with E-state index >= 15 is 0 Å². The highest BCUT2D eigenvalue weighted by atomic mass is 32.2. The minimum Gasteiger partial charge on any atom is -0.480 e. The van der Waals surface area contributed by atoms with Crippen LogP contribution >= 0.6 is 11.8 Å². The molecular formula is C23H26N2O3S. The van der Waals surface area contributed by atoms with Gasteiger partial charge >= 0.3 is 5.97 Å². The van der Waals surface area contributed by atoms with Gasteiger partial charge in [-0.3, -0.25) is 14.2 Å². The first-order valence-electron chi connectivity index (χ1n) is 9.80. The first-order valence-corrected chi connectivity index (χ1v) is 11.0. The van der Waals surface area contributed by atoms with Crippen LogP contribution in [0.5, 0.6) is 0 Å². The molecule has 0 aliphatic carbocycles. The van der Waals surface area contributed by atoms with Crippen LogP contribution in [0.15, 0.2) is 60.8 Å². The predicted octanol–water partition coefficient (Wildman–Crippen LogP) is 3.98. The number of nitrogens with zero attached hydrogens (tertiary/aromatic N) is 1. The van der Waals surface area contributed by atoms with E-state index in [1.807, 2.05) is 42.1 Å². The van der Waals surface area contributed by atoms with Gasteiger partial charge in [0.1, 0.15) is 6.04 Å². The van der Waals surface area contributed by atoms with Crippen molar-refractivity contribution in [2.45, 2.75) is 31.1 Å². The summed E-state index contributed by atoms with van der Waals surface area (Å²) in [5.41, 5.74) is 3.00. The lowest BCUT2D eigenvalue weighted by molar-refractivity contribution is -0.139. The maximum absolute atomic E-state index is 11.7. The molecule has 3 aromatic rings. The molecule has 0 radical (unpaired) electrons. The van der Waals surface area contributed by atoms with Gasteiger partial charge in [-0.05, 0) is 42.3 Å². The topological polar surface area (TPSA) is 71.3 Å². The van der Waals surface area contributed by atoms with E-state index < -0.39 is 12.0 Å². The number of unbranched alkanes of at least 4 members (excludes halogenated alkanes) is 1. The molecule has 1 atom stereocenters. The number of thioether (sulfide) groups is 1. The second-order valence-corrected chi connectivity index (χ2v) is 8.08. The number of para-hydroxylation sites is 1. The summed E-state index contributed by atoms with van der Waals surface area (Å²) in [6, 6.07) is 17.3. The largest absolute Gasteiger partial charge is 0.480 e. The number of fused-ring (bicyclic) bond motifs is 1. The quantitative estimate of drug-likeness (QED) is 0.349. The summed E-state index contributed by atoms with van der Waals surface area (Å²) in [7, 11) is 0. The van der Waals surface area contributed by atoms with Crippen molar-refractivity contribution in [1.82, 2.24) is 9.88 Å². The van der Waals surface area contributed by atoms with Crippen molar-refractivity contribution in [2.75, 3.05) is 12.3 Å². The number of carbonyl (C=O) groups excluding carboxylic acids is 1. The van der Waals surface area contributed by atoms with Crippen molar-refractivity contribution in [3.63, 3.8) is 0 Å². The molecule has 29 heavy (non-hydrogen) atoms. The van der Waals surface area contributed by atoms with Crippen molar-refractivity contribution in [1.29, 1.82) is 0 Å². The van der Waals surface area contributed by atoms with Gasteiger partial charge in [-0.1, -0.05) is 48.5 Å². The Kier molecular flexibility index (Phi) is 7.90. The van der Waals surface area contributed by atoms with Crippen LogP contribution in [-0.4, -0.2) is 40.4 Å². The summed E-state index contributed by atoms with van der Waals surface area (Å²) in [6.07, 6.45) is 4.81. The first kappa shape index (κ1) is 21.1. The maximum Gasteiger partial charge on any atom is 0.321 e. The van der Waals surface area contributed by atoms with Gasteiger partial charge in [0.2, 0.25) is 6.41 Å². The van der Waals surface area contributed by atoms with E-state index in [0.717, 1.165) is 47.2 Å². The van der Waals surface area contributed by atoms with Gasteiger partial charge in [0.25, 0.3) is 0 Å². The summed E-state index contributed by atoms with van der Waals surface area (Å²) in [5.74, 6) is 1.19. The maximum atomic E-state index is 11.7. The highest BCUT2D eigenvalue weighted by Gasteiger charge is 2.19. The van der Waals surface area contributed by atoms with E-state index in [1.165, 1.54) is 10.1 Å². The Morgan fingerprint density at radius 1 is 1.10 bits per heavy atom. The lowest BCUT2D eigenvalue weighted by Gasteiger charge is -2.14. The molecule has 0 saturated heterocycles. The number of hydrogen-bond donors (Lipinski definition) is 2. The second-order valence-electron chi connectivity index (χ2n) is 6.98. The van der Waals surface area contributed by atoms with E-state index in [4.69, 9.17) is 0 Å². The smallest absolute Gasteiger partial charge is 0.321 e. The van der Waals surface area contributed by atoms with E-state index in [9.17, 15) is 14.7 Å². The van der Waals surface area contributed by atoms with Crippen LogP contribution in [-0.2, 0) is 21.8 Å². The molecular weight excluding hydrogens is 384 g/mol. The number of aliphatic carboxylic acids is 1. The Balaban J connectivity index is 1.45. The average Bonchev–Trinajstić information content (AvgIpc) is 3.10. The molecule has 0 aliphatic heterocycles. The molecule has 1 aromatic heterocycles. The minimum atomic E-state index is -0.869. The van der Waals surface area contributed by atoms with Gasteiger partial charge in [0.15, 0.2) is 0 Å². The SMILES string of the molecule is O=Cn1cc(C[C@H](NCCCCSCc2ccccc2)C(=O)O)c2ccccc21. The molecule has 2 aromatic carbocycles. The van der Waals surface area contributed by atoms with Crippen LogP contribution in [0.3, 0.4) is 0 Å². The fourth-order valence-corrected chi connectivity index (χ4v) is 4.34. The molecule has 0 fully saturated rings. The fourth-order valence-electron chi connectivity index (χ4n) is 3.36. The van der Waals surface area contributed by atoms with E-state index in [1.54, 1.807) is 6.20 Å². The first-order chi connectivity index (χ1) is 14.2. The van der Waals surface area contributed by atoms with Gasteiger partial charge in [0.05, 0.1) is 5.52 Å². The van der Waals surface area contributed by atoms with E-state index in [-0.39, 0.29) is 0 Å². The molecule has 0 unspecified atom stereocenters. The standard InChI is InChI=1S/C23H26N2O3S/c26-17-25-15-19(20-10-4-5-11-22(20)25)14-21(23(27)28)24-12-6-7-13-29-16-18-8-2-1-3-9-18/h1-5,8-11,15,17,21,24H,6-7,12-14,16H2,(H,27,28)/t21-/m0/s1. The van der Waals surface area contributed by atoms with Gasteiger partial charge in [-0.15, -0.1) is 0 Å². The van der Waals surface area contributed by atoms with Crippen molar-refractivity contribution < 1.29 is 14.7 Å². The van der Waals surface area contributed by atoms with Crippen LogP contribution in [0.1, 0.15) is 24.0 Å². The van der Waals surface area contributed by atoms with Crippen molar-refractivity contribution in [3.05, 3.63) is 71.9 Å². The molecule has 0 spiro atoms. The lowest BCUT2D eigenvalue weighted by Crippen LogP contribution is -2.39. The van der Waals surface area contributed by atoms with Crippen molar-refractivity contribution in [3.8, 4) is 0 Å². The van der Waals surface area contributed by atoms with Crippen molar-refractivity contribution >= 4 is 35.0 Å². The van der Waals surface area contributed by atoms with Gasteiger partial charge in [-0.25, -0.2) is 0 Å². The highest BCUT2D eigenvalue weighted by Crippen LogP contribution is 2.21. The Morgan fingerprint density at radius 2 is 1.86 bits per heavy atom. The molecule has 0 aliphatic rings. The minimum absolute atomic E-state index is 0.347. The molecule has 3 rings (SSSR count). The van der Waals surface area contributed by atoms with Crippen LogP contribution in [0.2, 0.25) is 0 Å². The van der Waals surface area contributed by atoms with Crippen LogP contribution in [0.25, 0.3) is 10.9 Å². The van der Waals surface area contributed by atoms with Crippen LogP contribution in [0, 0.1) is 0 Å². The van der Waals surface area contributed by atoms with Crippen LogP contribution < -0.4 is 5.32 Å².